The van der Waals surface area contributed by atoms with Gasteiger partial charge in [-0.15, -0.1) is 0 Å². The van der Waals surface area contributed by atoms with E-state index in [-0.39, 0.29) is 30.3 Å². The van der Waals surface area contributed by atoms with Crippen molar-refractivity contribution < 1.29 is 14.4 Å². The summed E-state index contributed by atoms with van der Waals surface area (Å²) in [5, 5.41) is 3.19. The van der Waals surface area contributed by atoms with Gasteiger partial charge in [-0.3, -0.25) is 19.3 Å². The van der Waals surface area contributed by atoms with Crippen LogP contribution in [0.5, 0.6) is 0 Å². The zero-order chi connectivity index (χ0) is 21.6. The van der Waals surface area contributed by atoms with Crippen molar-refractivity contribution in [2.45, 2.75) is 76.0 Å². The molecule has 3 heterocycles. The Morgan fingerprint density at radius 1 is 1.13 bits per heavy atom. The first-order valence-electron chi connectivity index (χ1n) is 11.7. The largest absolute Gasteiger partial charge is 0.352 e. The molecular weight excluding hydrogens is 392 g/mol. The van der Waals surface area contributed by atoms with Gasteiger partial charge in [-0.2, -0.15) is 0 Å². The molecule has 166 valence electrons. The highest BCUT2D eigenvalue weighted by Gasteiger charge is 2.53. The van der Waals surface area contributed by atoms with E-state index in [0.717, 1.165) is 19.3 Å². The van der Waals surface area contributed by atoms with Gasteiger partial charge in [0.1, 0.15) is 12.2 Å². The second kappa shape index (κ2) is 7.93. The molecule has 1 aromatic rings. The summed E-state index contributed by atoms with van der Waals surface area (Å²) in [7, 11) is 0. The number of fused-ring (bicyclic) bond motifs is 3. The summed E-state index contributed by atoms with van der Waals surface area (Å²) in [6.07, 6.45) is 7.92. The van der Waals surface area contributed by atoms with E-state index in [2.05, 4.69) is 10.2 Å². The lowest BCUT2D eigenvalue weighted by atomic mass is 9.98. The van der Waals surface area contributed by atoms with E-state index in [1.54, 1.807) is 21.9 Å². The summed E-state index contributed by atoms with van der Waals surface area (Å²) in [4.78, 5) is 44.9. The molecule has 4 aliphatic rings. The average molecular weight is 425 g/mol. The summed E-state index contributed by atoms with van der Waals surface area (Å²) < 4.78 is 0. The minimum Gasteiger partial charge on any atom is -0.352 e. The Bertz CT molecular complexity index is 897. The fourth-order valence-corrected chi connectivity index (χ4v) is 6.06. The molecule has 0 aromatic heterocycles. The van der Waals surface area contributed by atoms with E-state index >= 15 is 0 Å². The first kappa shape index (κ1) is 20.5. The van der Waals surface area contributed by atoms with Crippen molar-refractivity contribution in [2.24, 2.45) is 0 Å². The second-order valence-corrected chi connectivity index (χ2v) is 9.68. The lowest BCUT2D eigenvalue weighted by molar-refractivity contribution is -0.124. The smallest absolute Gasteiger partial charge is 0.258 e. The molecule has 7 heteroatoms. The fourth-order valence-electron chi connectivity index (χ4n) is 6.06. The van der Waals surface area contributed by atoms with Gasteiger partial charge >= 0.3 is 0 Å². The number of hydrogen-bond acceptors (Lipinski definition) is 4. The maximum atomic E-state index is 13.3. The van der Waals surface area contributed by atoms with Crippen LogP contribution >= 0.6 is 0 Å². The molecule has 0 spiro atoms. The van der Waals surface area contributed by atoms with Crippen molar-refractivity contribution >= 4 is 23.4 Å². The highest BCUT2D eigenvalue weighted by Crippen LogP contribution is 2.43. The van der Waals surface area contributed by atoms with Crippen LogP contribution in [-0.2, 0) is 9.59 Å². The fraction of sp³-hybridized carbons (Fsp3) is 0.625. The van der Waals surface area contributed by atoms with Gasteiger partial charge < -0.3 is 15.1 Å². The van der Waals surface area contributed by atoms with Gasteiger partial charge in [0, 0.05) is 18.5 Å². The third kappa shape index (κ3) is 3.53. The van der Waals surface area contributed by atoms with Gasteiger partial charge in [0.2, 0.25) is 11.8 Å². The Balaban J connectivity index is 1.28. The maximum Gasteiger partial charge on any atom is 0.258 e. The van der Waals surface area contributed by atoms with Crippen molar-refractivity contribution in [3.05, 3.63) is 29.8 Å². The lowest BCUT2D eigenvalue weighted by Crippen LogP contribution is -2.64. The van der Waals surface area contributed by atoms with E-state index < -0.39 is 5.66 Å². The molecule has 3 fully saturated rings. The molecule has 1 saturated carbocycles. The number of anilines is 1. The van der Waals surface area contributed by atoms with Crippen molar-refractivity contribution in [1.82, 2.24) is 15.1 Å². The van der Waals surface area contributed by atoms with E-state index in [1.807, 2.05) is 19.1 Å². The number of para-hydroxylation sites is 1. The van der Waals surface area contributed by atoms with Crippen molar-refractivity contribution in [3.8, 4) is 0 Å². The minimum absolute atomic E-state index is 0.00743. The Hall–Kier alpha value is -2.41. The molecule has 3 aliphatic heterocycles. The number of piperidine rings is 1. The van der Waals surface area contributed by atoms with Crippen LogP contribution in [0.4, 0.5) is 5.69 Å². The van der Waals surface area contributed by atoms with Crippen LogP contribution < -0.4 is 10.2 Å². The number of likely N-dealkylation sites (tertiary alicyclic amines) is 1. The van der Waals surface area contributed by atoms with Gasteiger partial charge in [0.25, 0.3) is 5.91 Å². The second-order valence-electron chi connectivity index (χ2n) is 9.68. The van der Waals surface area contributed by atoms with Crippen molar-refractivity contribution in [1.29, 1.82) is 0 Å². The zero-order valence-corrected chi connectivity index (χ0v) is 18.3. The van der Waals surface area contributed by atoms with Gasteiger partial charge in [-0.25, -0.2) is 0 Å². The topological polar surface area (TPSA) is 73.0 Å². The summed E-state index contributed by atoms with van der Waals surface area (Å²) in [5.74, 6) is -0.289. The molecule has 0 unspecified atom stereocenters. The molecule has 5 rings (SSSR count). The molecule has 31 heavy (non-hydrogen) atoms. The Morgan fingerprint density at radius 2 is 1.90 bits per heavy atom. The molecule has 1 aromatic carbocycles. The van der Waals surface area contributed by atoms with Crippen LogP contribution in [0.3, 0.4) is 0 Å². The number of nitrogens with one attached hydrogen (secondary N) is 1. The number of hydrogen-bond donors (Lipinski definition) is 1. The predicted octanol–water partition coefficient (Wildman–Crippen LogP) is 2.51. The summed E-state index contributed by atoms with van der Waals surface area (Å²) in [6.45, 7) is 4.24. The van der Waals surface area contributed by atoms with Gasteiger partial charge in [0.05, 0.1) is 11.3 Å². The van der Waals surface area contributed by atoms with E-state index in [0.29, 0.717) is 30.1 Å². The SMILES string of the molecule is C[C@]12CCC(=O)N1c1ccccc1C(=O)N2CC(=O)N[C@@H]1CC[C@H](N2CCCCC2)C1. The molecular formula is C24H32N4O3. The minimum atomic E-state index is -0.786. The molecule has 3 atom stereocenters. The zero-order valence-electron chi connectivity index (χ0n) is 18.3. The number of amides is 3. The molecule has 1 aliphatic carbocycles. The molecule has 0 bridgehead atoms. The highest BCUT2D eigenvalue weighted by molar-refractivity contribution is 6.11. The number of nitrogens with zero attached hydrogens (tertiary/aromatic N) is 3. The van der Waals surface area contributed by atoms with E-state index in [9.17, 15) is 14.4 Å². The van der Waals surface area contributed by atoms with Crippen LogP contribution in [0.25, 0.3) is 0 Å². The van der Waals surface area contributed by atoms with Crippen LogP contribution in [0, 0.1) is 0 Å². The van der Waals surface area contributed by atoms with E-state index in [4.69, 9.17) is 0 Å². The van der Waals surface area contributed by atoms with Gasteiger partial charge in [-0.05, 0) is 70.7 Å². The molecule has 3 amide bonds. The standard InChI is InChI=1S/C24H32N4O3/c1-24-12-11-22(30)28(24)20-8-4-3-7-19(20)23(31)27(24)16-21(29)25-17-9-10-18(15-17)26-13-5-2-6-14-26/h3-4,7-8,17-18H,2,5-6,9-16H2,1H3,(H,25,29)/t17-,18+,24-/m1/s1. The quantitative estimate of drug-likeness (QED) is 0.806. The highest BCUT2D eigenvalue weighted by atomic mass is 16.2. The summed E-state index contributed by atoms with van der Waals surface area (Å²) in [5.41, 5.74) is 0.370. The Labute approximate surface area is 183 Å². The van der Waals surface area contributed by atoms with Crippen molar-refractivity contribution in [2.75, 3.05) is 24.5 Å². The third-order valence-corrected chi connectivity index (χ3v) is 7.72. The third-order valence-electron chi connectivity index (χ3n) is 7.72. The van der Waals surface area contributed by atoms with Gasteiger partial charge in [0.15, 0.2) is 0 Å². The predicted molar refractivity (Wildman–Crippen MR) is 118 cm³/mol. The van der Waals surface area contributed by atoms with Crippen LogP contribution in [0.15, 0.2) is 24.3 Å². The van der Waals surface area contributed by atoms with Crippen LogP contribution in [0.1, 0.15) is 68.6 Å². The summed E-state index contributed by atoms with van der Waals surface area (Å²) >= 11 is 0. The monoisotopic (exact) mass is 424 g/mol. The number of carbonyl (C=O) groups excluding carboxylic acids is 3. The first-order chi connectivity index (χ1) is 15.0. The van der Waals surface area contributed by atoms with Gasteiger partial charge in [-0.1, -0.05) is 18.6 Å². The number of rotatable bonds is 4. The average Bonchev–Trinajstić information content (AvgIpc) is 3.36. The first-order valence-corrected chi connectivity index (χ1v) is 11.7. The van der Waals surface area contributed by atoms with E-state index in [1.165, 1.54) is 32.4 Å². The molecule has 1 N–H and O–H groups in total. The van der Waals surface area contributed by atoms with Crippen LogP contribution in [-0.4, -0.2) is 64.9 Å². The number of carbonyl (C=O) groups is 3. The number of benzene rings is 1. The normalized spacial score (nSPS) is 31.0. The molecule has 7 nitrogen and oxygen atoms in total. The van der Waals surface area contributed by atoms with Crippen LogP contribution in [0.2, 0.25) is 0 Å². The lowest BCUT2D eigenvalue weighted by Gasteiger charge is -2.48. The maximum absolute atomic E-state index is 13.3. The summed E-state index contributed by atoms with van der Waals surface area (Å²) in [6, 6.07) is 7.95. The molecule has 0 radical (unpaired) electrons. The Kier molecular flexibility index (Phi) is 5.24. The molecule has 2 saturated heterocycles. The Morgan fingerprint density at radius 3 is 2.71 bits per heavy atom. The van der Waals surface area contributed by atoms with Crippen molar-refractivity contribution in [3.63, 3.8) is 0 Å².